The van der Waals surface area contributed by atoms with Crippen LogP contribution in [0.4, 0.5) is 0 Å². The molecule has 26 heavy (non-hydrogen) atoms. The van der Waals surface area contributed by atoms with Gasteiger partial charge in [0.25, 0.3) is 0 Å². The van der Waals surface area contributed by atoms with E-state index in [2.05, 4.69) is 45.0 Å². The summed E-state index contributed by atoms with van der Waals surface area (Å²) < 4.78 is 11.0. The first-order valence-corrected chi connectivity index (χ1v) is 9.55. The Morgan fingerprint density at radius 3 is 2.42 bits per heavy atom. The number of hydrogen-bond acceptors (Lipinski definition) is 4. The Hall–Kier alpha value is -2.20. The van der Waals surface area contributed by atoms with Crippen molar-refractivity contribution < 1.29 is 9.15 Å². The van der Waals surface area contributed by atoms with Gasteiger partial charge in [-0.15, -0.1) is 11.8 Å². The third-order valence-electron chi connectivity index (χ3n) is 4.46. The second-order valence-electron chi connectivity index (χ2n) is 7.09. The topological polar surface area (TPSA) is 39.4 Å². The number of methoxy groups -OCH3 is 1. The summed E-state index contributed by atoms with van der Waals surface area (Å²) in [7, 11) is 1.65. The predicted molar refractivity (Wildman–Crippen MR) is 108 cm³/mol. The maximum atomic E-state index is 11.7. The molecule has 0 aliphatic heterocycles. The Balaban J connectivity index is 1.84. The molecule has 4 heteroatoms. The fourth-order valence-corrected chi connectivity index (χ4v) is 4.12. The number of hydrogen-bond donors (Lipinski definition) is 0. The number of ether oxygens (including phenoxy) is 1. The van der Waals surface area contributed by atoms with E-state index in [0.29, 0.717) is 5.58 Å². The van der Waals surface area contributed by atoms with E-state index in [-0.39, 0.29) is 10.4 Å². The lowest BCUT2D eigenvalue weighted by Gasteiger charge is -2.24. The molecule has 3 rings (SSSR count). The zero-order valence-corrected chi connectivity index (χ0v) is 16.5. The molecule has 2 aromatic carbocycles. The molecule has 0 unspecified atom stereocenters. The van der Waals surface area contributed by atoms with Crippen molar-refractivity contribution >= 4 is 22.7 Å². The summed E-state index contributed by atoms with van der Waals surface area (Å²) >= 11 is 1.86. The standard InChI is InChI=1S/C22H24O3S/c1-15-5-9-17(10-6-15)26-22(2,3)14-13-18-19(24-4)11-7-16-8-12-20(23)25-21(16)18/h5-12H,13-14H2,1-4H3. The average molecular weight is 368 g/mol. The van der Waals surface area contributed by atoms with Gasteiger partial charge in [0.15, 0.2) is 0 Å². The van der Waals surface area contributed by atoms with Gasteiger partial charge in [-0.1, -0.05) is 31.5 Å². The predicted octanol–water partition coefficient (Wildman–Crippen LogP) is 5.61. The number of aryl methyl sites for hydroxylation is 2. The van der Waals surface area contributed by atoms with E-state index >= 15 is 0 Å². The molecular formula is C22H24O3S. The molecule has 1 aromatic heterocycles. The number of rotatable bonds is 6. The maximum absolute atomic E-state index is 11.7. The molecule has 3 nitrogen and oxygen atoms in total. The molecule has 0 bridgehead atoms. The Morgan fingerprint density at radius 1 is 1.04 bits per heavy atom. The van der Waals surface area contributed by atoms with Crippen molar-refractivity contribution in [1.29, 1.82) is 0 Å². The third-order valence-corrected chi connectivity index (χ3v) is 5.73. The lowest BCUT2D eigenvalue weighted by molar-refractivity contribution is 0.407. The molecule has 3 aromatic rings. The zero-order valence-electron chi connectivity index (χ0n) is 15.7. The van der Waals surface area contributed by atoms with Gasteiger partial charge in [-0.25, -0.2) is 4.79 Å². The SMILES string of the molecule is COc1ccc2ccc(=O)oc2c1CCC(C)(C)Sc1ccc(C)cc1. The highest BCUT2D eigenvalue weighted by molar-refractivity contribution is 8.00. The smallest absolute Gasteiger partial charge is 0.336 e. The van der Waals surface area contributed by atoms with Crippen LogP contribution in [-0.4, -0.2) is 11.9 Å². The van der Waals surface area contributed by atoms with E-state index in [9.17, 15) is 4.79 Å². The second-order valence-corrected chi connectivity index (χ2v) is 8.87. The molecule has 0 aliphatic rings. The molecule has 0 saturated carbocycles. The van der Waals surface area contributed by atoms with Crippen LogP contribution in [0.3, 0.4) is 0 Å². The summed E-state index contributed by atoms with van der Waals surface area (Å²) in [5.41, 5.74) is 2.52. The third kappa shape index (κ3) is 4.31. The van der Waals surface area contributed by atoms with Crippen LogP contribution in [0.2, 0.25) is 0 Å². The van der Waals surface area contributed by atoms with Crippen LogP contribution in [-0.2, 0) is 6.42 Å². The summed E-state index contributed by atoms with van der Waals surface area (Å²) in [5, 5.41) is 0.921. The van der Waals surface area contributed by atoms with E-state index in [4.69, 9.17) is 9.15 Å². The Labute approximate surface area is 158 Å². The molecule has 0 N–H and O–H groups in total. The quantitative estimate of drug-likeness (QED) is 0.418. The molecule has 0 spiro atoms. The summed E-state index contributed by atoms with van der Waals surface area (Å²) in [6.07, 6.45) is 1.71. The van der Waals surface area contributed by atoms with Crippen molar-refractivity contribution in [1.82, 2.24) is 0 Å². The summed E-state index contributed by atoms with van der Waals surface area (Å²) in [4.78, 5) is 13.0. The lowest BCUT2D eigenvalue weighted by Crippen LogP contribution is -2.16. The molecule has 0 amide bonds. The minimum Gasteiger partial charge on any atom is -0.496 e. The Bertz CT molecular complexity index is 955. The largest absolute Gasteiger partial charge is 0.496 e. The molecule has 1 heterocycles. The van der Waals surface area contributed by atoms with Crippen molar-refractivity contribution in [2.24, 2.45) is 0 Å². The first-order chi connectivity index (χ1) is 12.4. The minimum atomic E-state index is -0.333. The molecule has 0 aliphatic carbocycles. The van der Waals surface area contributed by atoms with Gasteiger partial charge in [0, 0.05) is 26.7 Å². The highest BCUT2D eigenvalue weighted by atomic mass is 32.2. The van der Waals surface area contributed by atoms with Gasteiger partial charge in [0.2, 0.25) is 0 Å². The molecule has 0 saturated heterocycles. The fourth-order valence-electron chi connectivity index (χ4n) is 3.00. The van der Waals surface area contributed by atoms with Gasteiger partial charge < -0.3 is 9.15 Å². The normalized spacial score (nSPS) is 11.7. The molecule has 0 atom stereocenters. The summed E-state index contributed by atoms with van der Waals surface area (Å²) in [6, 6.07) is 15.7. The number of benzene rings is 2. The molecule has 0 radical (unpaired) electrons. The van der Waals surface area contributed by atoms with E-state index in [1.807, 2.05) is 23.9 Å². The van der Waals surface area contributed by atoms with Crippen molar-refractivity contribution in [2.75, 3.05) is 7.11 Å². The van der Waals surface area contributed by atoms with Crippen LogP contribution in [0, 0.1) is 6.92 Å². The summed E-state index contributed by atoms with van der Waals surface area (Å²) in [5.74, 6) is 0.767. The minimum absolute atomic E-state index is 0.0392. The van der Waals surface area contributed by atoms with Gasteiger partial charge in [0.1, 0.15) is 11.3 Å². The van der Waals surface area contributed by atoms with Crippen LogP contribution >= 0.6 is 11.8 Å². The van der Waals surface area contributed by atoms with Crippen molar-refractivity contribution in [3.05, 3.63) is 70.1 Å². The fraction of sp³-hybridized carbons (Fsp3) is 0.318. The maximum Gasteiger partial charge on any atom is 0.336 e. The van der Waals surface area contributed by atoms with Gasteiger partial charge >= 0.3 is 5.63 Å². The number of fused-ring (bicyclic) bond motifs is 1. The highest BCUT2D eigenvalue weighted by Crippen LogP contribution is 2.38. The van der Waals surface area contributed by atoms with E-state index in [1.54, 1.807) is 13.2 Å². The first-order valence-electron chi connectivity index (χ1n) is 8.73. The monoisotopic (exact) mass is 368 g/mol. The van der Waals surface area contributed by atoms with E-state index in [0.717, 1.165) is 29.5 Å². The van der Waals surface area contributed by atoms with Gasteiger partial charge in [-0.3, -0.25) is 0 Å². The van der Waals surface area contributed by atoms with Crippen molar-refractivity contribution in [3.8, 4) is 5.75 Å². The molecule has 0 fully saturated rings. The Kier molecular flexibility index (Phi) is 5.42. The van der Waals surface area contributed by atoms with E-state index in [1.165, 1.54) is 16.5 Å². The van der Waals surface area contributed by atoms with Crippen LogP contribution in [0.25, 0.3) is 11.0 Å². The molecule has 136 valence electrons. The second kappa shape index (κ2) is 7.58. The van der Waals surface area contributed by atoms with Crippen LogP contribution < -0.4 is 10.4 Å². The average Bonchev–Trinajstić information content (AvgIpc) is 2.61. The zero-order chi connectivity index (χ0) is 18.7. The van der Waals surface area contributed by atoms with Crippen molar-refractivity contribution in [3.63, 3.8) is 0 Å². The first kappa shape index (κ1) is 18.6. The van der Waals surface area contributed by atoms with Gasteiger partial charge in [-0.2, -0.15) is 0 Å². The Morgan fingerprint density at radius 2 is 1.73 bits per heavy atom. The summed E-state index contributed by atoms with van der Waals surface area (Å²) in [6.45, 7) is 6.58. The number of thioether (sulfide) groups is 1. The van der Waals surface area contributed by atoms with E-state index < -0.39 is 0 Å². The van der Waals surface area contributed by atoms with Crippen molar-refractivity contribution in [2.45, 2.75) is 43.3 Å². The lowest BCUT2D eigenvalue weighted by atomic mass is 9.99. The van der Waals surface area contributed by atoms with Gasteiger partial charge in [-0.05, 0) is 50.1 Å². The van der Waals surface area contributed by atoms with Crippen LogP contribution in [0.1, 0.15) is 31.4 Å². The van der Waals surface area contributed by atoms with Crippen LogP contribution in [0.5, 0.6) is 5.75 Å². The van der Waals surface area contributed by atoms with Gasteiger partial charge in [0.05, 0.1) is 7.11 Å². The highest BCUT2D eigenvalue weighted by Gasteiger charge is 2.22. The molecular weight excluding hydrogens is 344 g/mol. The van der Waals surface area contributed by atoms with Crippen LogP contribution in [0.15, 0.2) is 62.6 Å².